The maximum atomic E-state index is 12.0. The van der Waals surface area contributed by atoms with Crippen molar-refractivity contribution in [2.75, 3.05) is 26.2 Å². The number of hydrogen-bond donors (Lipinski definition) is 2. The summed E-state index contributed by atoms with van der Waals surface area (Å²) in [4.78, 5) is 35.8. The molecular weight excluding hydrogens is 506 g/mol. The number of rotatable bonds is 28. The minimum atomic E-state index is -1.14. The molecule has 0 saturated carbocycles. The van der Waals surface area contributed by atoms with E-state index in [1.807, 2.05) is 13.8 Å². The van der Waals surface area contributed by atoms with E-state index in [0.717, 1.165) is 32.1 Å². The second-order valence-corrected chi connectivity index (χ2v) is 11.9. The highest BCUT2D eigenvalue weighted by Gasteiger charge is 2.39. The Morgan fingerprint density at radius 1 is 0.600 bits per heavy atom. The zero-order valence-corrected chi connectivity index (χ0v) is 26.2. The predicted molar refractivity (Wildman–Crippen MR) is 161 cm³/mol. The van der Waals surface area contributed by atoms with Gasteiger partial charge in [-0.15, -0.1) is 0 Å². The summed E-state index contributed by atoms with van der Waals surface area (Å²) in [7, 11) is 0. The van der Waals surface area contributed by atoms with E-state index in [-0.39, 0.29) is 24.1 Å². The van der Waals surface area contributed by atoms with Gasteiger partial charge in [0, 0.05) is 5.92 Å². The van der Waals surface area contributed by atoms with E-state index in [4.69, 9.17) is 0 Å². The quantitative estimate of drug-likeness (QED) is 0.0608. The molecule has 7 heteroatoms. The summed E-state index contributed by atoms with van der Waals surface area (Å²) in [6, 6.07) is 0. The Bertz CT molecular complexity index is 647. The molecule has 0 aromatic rings. The van der Waals surface area contributed by atoms with Crippen LogP contribution in [0.4, 0.5) is 0 Å². The Morgan fingerprint density at radius 3 is 1.35 bits per heavy atom. The Morgan fingerprint density at radius 2 is 0.975 bits per heavy atom. The number of hydrogen-bond acceptors (Lipinski definition) is 4. The van der Waals surface area contributed by atoms with Crippen LogP contribution in [0.25, 0.3) is 0 Å². The van der Waals surface area contributed by atoms with Crippen LogP contribution >= 0.6 is 0 Å². The number of carboxylic acids is 3. The first-order valence-corrected chi connectivity index (χ1v) is 16.3. The number of carbonyl (C=O) groups is 3. The van der Waals surface area contributed by atoms with Gasteiger partial charge in [-0.3, -0.25) is 9.59 Å². The van der Waals surface area contributed by atoms with E-state index in [2.05, 4.69) is 19.1 Å². The monoisotopic (exact) mass is 567 g/mol. The molecule has 0 rings (SSSR count). The number of carbonyl (C=O) groups excluding carboxylic acids is 1. The lowest BCUT2D eigenvalue weighted by Gasteiger charge is -2.44. The molecule has 0 amide bonds. The van der Waals surface area contributed by atoms with Crippen LogP contribution in [0.5, 0.6) is 0 Å². The predicted octanol–water partition coefficient (Wildman–Crippen LogP) is 6.84. The zero-order chi connectivity index (χ0) is 30.2. The third-order valence-corrected chi connectivity index (χ3v) is 8.48. The van der Waals surface area contributed by atoms with Crippen molar-refractivity contribution in [3.05, 3.63) is 12.2 Å². The van der Waals surface area contributed by atoms with Crippen molar-refractivity contribution in [1.29, 1.82) is 0 Å². The van der Waals surface area contributed by atoms with Crippen LogP contribution in [0.15, 0.2) is 12.2 Å². The molecule has 2 N–H and O–H groups in total. The van der Waals surface area contributed by atoms with E-state index in [0.29, 0.717) is 25.8 Å². The second-order valence-electron chi connectivity index (χ2n) is 11.9. The molecule has 0 aliphatic heterocycles. The second kappa shape index (κ2) is 23.8. The van der Waals surface area contributed by atoms with Gasteiger partial charge in [0.05, 0.1) is 32.1 Å². The standard InChI is InChI=1S/C33H61NO6/c1-5-9-10-11-12-13-14-15-16-17-18-19-20-21-22-23-24-34(25-28(6-2)31(35)36,26-29(7-3)32(37)38)27-30(8-4)33(39)40/h15-16,28-30H,5-14,17-27H2,1-4H3,(H2-,35,36,37,38,39,40)/b16-15+. The number of unbranched alkanes of at least 4 members (excludes halogenated alkanes) is 12. The molecule has 3 atom stereocenters. The fraction of sp³-hybridized carbons (Fsp3) is 0.848. The fourth-order valence-electron chi connectivity index (χ4n) is 5.73. The maximum absolute atomic E-state index is 12.0. The number of carboxylic acid groups (broad SMARTS) is 3. The summed E-state index contributed by atoms with van der Waals surface area (Å²) in [6.45, 7) is 9.01. The van der Waals surface area contributed by atoms with Crippen molar-refractivity contribution in [2.24, 2.45) is 17.8 Å². The lowest BCUT2D eigenvalue weighted by atomic mass is 9.95. The Labute approximate surface area is 245 Å². The molecule has 0 radical (unpaired) electrons. The Kier molecular flexibility index (Phi) is 22.7. The summed E-state index contributed by atoms with van der Waals surface area (Å²) in [6.07, 6.45) is 22.6. The first kappa shape index (κ1) is 38.1. The Balaban J connectivity index is 4.90. The van der Waals surface area contributed by atoms with Gasteiger partial charge in [0.25, 0.3) is 0 Å². The molecule has 234 valence electrons. The minimum Gasteiger partial charge on any atom is -0.550 e. The third-order valence-electron chi connectivity index (χ3n) is 8.48. The topological polar surface area (TPSA) is 115 Å². The molecule has 0 aromatic heterocycles. The summed E-state index contributed by atoms with van der Waals surface area (Å²) in [5.74, 6) is -4.96. The van der Waals surface area contributed by atoms with Crippen molar-refractivity contribution < 1.29 is 34.2 Å². The average Bonchev–Trinajstić information content (AvgIpc) is 2.92. The van der Waals surface area contributed by atoms with Gasteiger partial charge in [0.1, 0.15) is 11.8 Å². The number of allylic oxidation sites excluding steroid dienone is 2. The van der Waals surface area contributed by atoms with Crippen LogP contribution in [0.2, 0.25) is 0 Å². The normalized spacial score (nSPS) is 15.5. The highest BCUT2D eigenvalue weighted by atomic mass is 16.4. The van der Waals surface area contributed by atoms with Crippen molar-refractivity contribution >= 4 is 17.9 Å². The molecule has 0 fully saturated rings. The van der Waals surface area contributed by atoms with E-state index in [1.165, 1.54) is 57.8 Å². The van der Waals surface area contributed by atoms with Crippen LogP contribution in [0, 0.1) is 17.8 Å². The molecule has 0 aliphatic rings. The van der Waals surface area contributed by atoms with Crippen LogP contribution in [-0.4, -0.2) is 58.8 Å². The van der Waals surface area contributed by atoms with Crippen LogP contribution in [0.3, 0.4) is 0 Å². The number of aliphatic carboxylic acids is 3. The first-order chi connectivity index (χ1) is 19.2. The van der Waals surface area contributed by atoms with Crippen LogP contribution in [0.1, 0.15) is 137 Å². The van der Waals surface area contributed by atoms with Crippen LogP contribution < -0.4 is 5.11 Å². The van der Waals surface area contributed by atoms with Gasteiger partial charge in [-0.2, -0.15) is 0 Å². The van der Waals surface area contributed by atoms with Gasteiger partial charge in [-0.1, -0.05) is 91.2 Å². The maximum Gasteiger partial charge on any atom is 0.312 e. The highest BCUT2D eigenvalue weighted by Crippen LogP contribution is 2.25. The lowest BCUT2D eigenvalue weighted by molar-refractivity contribution is -0.935. The lowest BCUT2D eigenvalue weighted by Crippen LogP contribution is -2.59. The largest absolute Gasteiger partial charge is 0.550 e. The molecule has 40 heavy (non-hydrogen) atoms. The molecule has 0 bridgehead atoms. The van der Waals surface area contributed by atoms with Gasteiger partial charge >= 0.3 is 11.9 Å². The molecule has 0 spiro atoms. The molecule has 0 aromatic carbocycles. The molecular formula is C33H61NO6. The zero-order valence-electron chi connectivity index (χ0n) is 26.2. The first-order valence-electron chi connectivity index (χ1n) is 16.3. The molecule has 0 heterocycles. The van der Waals surface area contributed by atoms with E-state index < -0.39 is 35.7 Å². The van der Waals surface area contributed by atoms with Gasteiger partial charge in [-0.25, -0.2) is 0 Å². The van der Waals surface area contributed by atoms with Crippen molar-refractivity contribution in [1.82, 2.24) is 0 Å². The van der Waals surface area contributed by atoms with Gasteiger partial charge in [-0.05, 0) is 57.8 Å². The van der Waals surface area contributed by atoms with Gasteiger partial charge in [0.2, 0.25) is 0 Å². The molecule has 7 nitrogen and oxygen atoms in total. The van der Waals surface area contributed by atoms with Crippen molar-refractivity contribution in [2.45, 2.75) is 137 Å². The number of quaternary nitrogens is 1. The third kappa shape index (κ3) is 17.7. The summed E-state index contributed by atoms with van der Waals surface area (Å²) in [5.41, 5.74) is 0. The molecule has 0 aliphatic carbocycles. The Hall–Kier alpha value is -1.89. The molecule has 0 saturated heterocycles. The minimum absolute atomic E-state index is 0.214. The van der Waals surface area contributed by atoms with E-state index in [1.54, 1.807) is 6.92 Å². The summed E-state index contributed by atoms with van der Waals surface area (Å²) < 4.78 is 0.214. The summed E-state index contributed by atoms with van der Waals surface area (Å²) >= 11 is 0. The van der Waals surface area contributed by atoms with E-state index >= 15 is 0 Å². The van der Waals surface area contributed by atoms with Crippen LogP contribution in [-0.2, 0) is 14.4 Å². The smallest absolute Gasteiger partial charge is 0.312 e. The number of nitrogens with zero attached hydrogens (tertiary/aromatic N) is 1. The van der Waals surface area contributed by atoms with E-state index in [9.17, 15) is 29.7 Å². The van der Waals surface area contributed by atoms with Crippen molar-refractivity contribution in [3.8, 4) is 0 Å². The average molecular weight is 568 g/mol. The fourth-order valence-corrected chi connectivity index (χ4v) is 5.73. The summed E-state index contributed by atoms with van der Waals surface area (Å²) in [5, 5.41) is 31.4. The SMILES string of the molecule is CCCCCCCC/C=C/CCCCCCCC[N+](CC(CC)C(=O)[O-])(CC(CC)C(=O)O)CC(CC)C(=O)O. The van der Waals surface area contributed by atoms with Gasteiger partial charge < -0.3 is 24.6 Å². The van der Waals surface area contributed by atoms with Crippen molar-refractivity contribution in [3.63, 3.8) is 0 Å². The highest BCUT2D eigenvalue weighted by molar-refractivity contribution is 5.70. The molecule has 3 unspecified atom stereocenters. The van der Waals surface area contributed by atoms with Gasteiger partial charge in [0.15, 0.2) is 0 Å².